The molecule has 1 amide bonds. The number of ether oxygens (including phenoxy) is 1. The molecule has 2 N–H and O–H groups in total. The van der Waals surface area contributed by atoms with E-state index in [1.807, 2.05) is 24.3 Å². The lowest BCUT2D eigenvalue weighted by Gasteiger charge is -2.34. The van der Waals surface area contributed by atoms with Crippen LogP contribution in [0.3, 0.4) is 0 Å². The highest BCUT2D eigenvalue weighted by molar-refractivity contribution is 9.10. The number of hydrogen-bond acceptors (Lipinski definition) is 3. The molecule has 110 valence electrons. The fraction of sp³-hybridized carbons (Fsp3) is 0.533. The van der Waals surface area contributed by atoms with E-state index in [9.17, 15) is 4.79 Å². The smallest absolute Gasteiger partial charge is 0.257 e. The van der Waals surface area contributed by atoms with E-state index in [0.29, 0.717) is 5.75 Å². The van der Waals surface area contributed by atoms with Gasteiger partial charge in [0.05, 0.1) is 0 Å². The van der Waals surface area contributed by atoms with Gasteiger partial charge in [0.2, 0.25) is 0 Å². The first-order valence-corrected chi connectivity index (χ1v) is 7.73. The average molecular weight is 341 g/mol. The maximum atomic E-state index is 11.8. The van der Waals surface area contributed by atoms with Gasteiger partial charge in [-0.05, 0) is 49.5 Å². The Morgan fingerprint density at radius 2 is 2.20 bits per heavy atom. The van der Waals surface area contributed by atoms with Gasteiger partial charge in [-0.3, -0.25) is 4.79 Å². The standard InChI is InChI=1S/C15H21BrN2O2/c1-15(5-7-17-8-6-15)11-18-14(19)10-20-13-4-2-3-12(16)9-13/h2-4,9,17H,5-8,10-11H2,1H3,(H,18,19). The van der Waals surface area contributed by atoms with E-state index in [-0.39, 0.29) is 17.9 Å². The molecule has 1 aliphatic heterocycles. The van der Waals surface area contributed by atoms with Crippen molar-refractivity contribution in [2.75, 3.05) is 26.2 Å². The first-order chi connectivity index (χ1) is 9.57. The molecule has 0 spiro atoms. The molecule has 0 aromatic heterocycles. The van der Waals surface area contributed by atoms with Crippen LogP contribution in [0.1, 0.15) is 19.8 Å². The average Bonchev–Trinajstić information content (AvgIpc) is 2.44. The van der Waals surface area contributed by atoms with Crippen LogP contribution < -0.4 is 15.4 Å². The molecular formula is C15H21BrN2O2. The van der Waals surface area contributed by atoms with E-state index in [1.54, 1.807) is 0 Å². The molecule has 1 fully saturated rings. The molecule has 2 rings (SSSR count). The summed E-state index contributed by atoms with van der Waals surface area (Å²) in [6, 6.07) is 7.49. The second-order valence-electron chi connectivity index (χ2n) is 5.58. The number of benzene rings is 1. The number of hydrogen-bond donors (Lipinski definition) is 2. The van der Waals surface area contributed by atoms with Gasteiger partial charge < -0.3 is 15.4 Å². The third kappa shape index (κ3) is 4.80. The maximum absolute atomic E-state index is 11.8. The van der Waals surface area contributed by atoms with Crippen LogP contribution in [0.2, 0.25) is 0 Å². The zero-order valence-corrected chi connectivity index (χ0v) is 13.3. The normalized spacial score (nSPS) is 17.5. The molecule has 1 saturated heterocycles. The monoisotopic (exact) mass is 340 g/mol. The molecule has 0 saturated carbocycles. The lowest BCUT2D eigenvalue weighted by atomic mass is 9.81. The summed E-state index contributed by atoms with van der Waals surface area (Å²) in [5.41, 5.74) is 0.205. The van der Waals surface area contributed by atoms with Gasteiger partial charge >= 0.3 is 0 Å². The summed E-state index contributed by atoms with van der Waals surface area (Å²) < 4.78 is 6.41. The van der Waals surface area contributed by atoms with Gasteiger partial charge in [0, 0.05) is 11.0 Å². The molecule has 20 heavy (non-hydrogen) atoms. The molecule has 0 unspecified atom stereocenters. The number of rotatable bonds is 5. The Morgan fingerprint density at radius 3 is 2.90 bits per heavy atom. The quantitative estimate of drug-likeness (QED) is 0.864. The number of piperidine rings is 1. The second-order valence-corrected chi connectivity index (χ2v) is 6.50. The first kappa shape index (κ1) is 15.3. The van der Waals surface area contributed by atoms with Crippen molar-refractivity contribution in [2.24, 2.45) is 5.41 Å². The van der Waals surface area contributed by atoms with Crippen LogP contribution in [0.4, 0.5) is 0 Å². The summed E-state index contributed by atoms with van der Waals surface area (Å²) in [5, 5.41) is 6.31. The molecule has 0 radical (unpaired) electrons. The largest absolute Gasteiger partial charge is 0.484 e. The van der Waals surface area contributed by atoms with E-state index < -0.39 is 0 Å². The molecule has 1 aromatic carbocycles. The van der Waals surface area contributed by atoms with Crippen molar-refractivity contribution >= 4 is 21.8 Å². The Morgan fingerprint density at radius 1 is 1.45 bits per heavy atom. The van der Waals surface area contributed by atoms with Crippen LogP contribution in [0.15, 0.2) is 28.7 Å². The second kappa shape index (κ2) is 7.09. The predicted molar refractivity (Wildman–Crippen MR) is 82.9 cm³/mol. The molecule has 1 heterocycles. The van der Waals surface area contributed by atoms with Crippen LogP contribution in [-0.2, 0) is 4.79 Å². The van der Waals surface area contributed by atoms with E-state index in [4.69, 9.17) is 4.74 Å². The van der Waals surface area contributed by atoms with Crippen LogP contribution >= 0.6 is 15.9 Å². The molecule has 5 heteroatoms. The molecule has 1 aliphatic rings. The summed E-state index contributed by atoms with van der Waals surface area (Å²) in [4.78, 5) is 11.8. The van der Waals surface area contributed by atoms with E-state index in [2.05, 4.69) is 33.5 Å². The van der Waals surface area contributed by atoms with E-state index >= 15 is 0 Å². The number of carbonyl (C=O) groups excluding carboxylic acids is 1. The number of carbonyl (C=O) groups is 1. The van der Waals surface area contributed by atoms with Crippen molar-refractivity contribution in [3.63, 3.8) is 0 Å². The SMILES string of the molecule is CC1(CNC(=O)COc2cccc(Br)c2)CCNCC1. The fourth-order valence-corrected chi connectivity index (χ4v) is 2.65. The zero-order valence-electron chi connectivity index (χ0n) is 11.7. The summed E-state index contributed by atoms with van der Waals surface area (Å²) in [6.45, 7) is 5.06. The van der Waals surface area contributed by atoms with Crippen LogP contribution in [0.25, 0.3) is 0 Å². The number of halogens is 1. The number of amides is 1. The van der Waals surface area contributed by atoms with E-state index in [1.165, 1.54) is 0 Å². The molecule has 0 bridgehead atoms. The fourth-order valence-electron chi connectivity index (χ4n) is 2.28. The first-order valence-electron chi connectivity index (χ1n) is 6.93. The van der Waals surface area contributed by atoms with Crippen LogP contribution in [0, 0.1) is 5.41 Å². The van der Waals surface area contributed by atoms with Gasteiger partial charge in [-0.25, -0.2) is 0 Å². The molecule has 4 nitrogen and oxygen atoms in total. The van der Waals surface area contributed by atoms with Crippen molar-refractivity contribution in [3.05, 3.63) is 28.7 Å². The molecular weight excluding hydrogens is 320 g/mol. The minimum Gasteiger partial charge on any atom is -0.484 e. The highest BCUT2D eigenvalue weighted by Gasteiger charge is 2.26. The van der Waals surface area contributed by atoms with Gasteiger partial charge in [0.1, 0.15) is 5.75 Å². The Balaban J connectivity index is 1.72. The Labute approximate surface area is 128 Å². The zero-order chi connectivity index (χ0) is 14.4. The van der Waals surface area contributed by atoms with Crippen molar-refractivity contribution in [2.45, 2.75) is 19.8 Å². The Bertz CT molecular complexity index is 459. The van der Waals surface area contributed by atoms with Crippen molar-refractivity contribution < 1.29 is 9.53 Å². The van der Waals surface area contributed by atoms with Crippen molar-refractivity contribution in [1.29, 1.82) is 0 Å². The Hall–Kier alpha value is -1.07. The predicted octanol–water partition coefficient (Wildman–Crippen LogP) is 2.33. The summed E-state index contributed by atoms with van der Waals surface area (Å²) in [5.74, 6) is 0.632. The van der Waals surface area contributed by atoms with Crippen LogP contribution in [-0.4, -0.2) is 32.1 Å². The third-order valence-electron chi connectivity index (χ3n) is 3.69. The maximum Gasteiger partial charge on any atom is 0.257 e. The van der Waals surface area contributed by atoms with Gasteiger partial charge in [-0.1, -0.05) is 28.9 Å². The third-order valence-corrected chi connectivity index (χ3v) is 4.18. The van der Waals surface area contributed by atoms with Crippen molar-refractivity contribution in [1.82, 2.24) is 10.6 Å². The van der Waals surface area contributed by atoms with Gasteiger partial charge in [0.25, 0.3) is 5.91 Å². The van der Waals surface area contributed by atoms with Crippen molar-refractivity contribution in [3.8, 4) is 5.75 Å². The van der Waals surface area contributed by atoms with Gasteiger partial charge in [-0.2, -0.15) is 0 Å². The summed E-state index contributed by atoms with van der Waals surface area (Å²) in [6.07, 6.45) is 2.19. The molecule has 0 atom stereocenters. The molecule has 0 aliphatic carbocycles. The summed E-state index contributed by atoms with van der Waals surface area (Å²) >= 11 is 3.37. The minimum absolute atomic E-state index is 0.0603. The Kier molecular flexibility index (Phi) is 5.43. The van der Waals surface area contributed by atoms with E-state index in [0.717, 1.165) is 36.9 Å². The lowest BCUT2D eigenvalue weighted by Crippen LogP contribution is -2.43. The van der Waals surface area contributed by atoms with Crippen LogP contribution in [0.5, 0.6) is 5.75 Å². The topological polar surface area (TPSA) is 50.4 Å². The van der Waals surface area contributed by atoms with Gasteiger partial charge in [0.15, 0.2) is 6.61 Å². The highest BCUT2D eigenvalue weighted by Crippen LogP contribution is 2.26. The summed E-state index contributed by atoms with van der Waals surface area (Å²) in [7, 11) is 0. The van der Waals surface area contributed by atoms with Gasteiger partial charge in [-0.15, -0.1) is 0 Å². The minimum atomic E-state index is -0.0651. The lowest BCUT2D eigenvalue weighted by molar-refractivity contribution is -0.123. The highest BCUT2D eigenvalue weighted by atomic mass is 79.9. The molecule has 1 aromatic rings. The number of nitrogens with one attached hydrogen (secondary N) is 2.